The lowest BCUT2D eigenvalue weighted by atomic mass is 9.95. The zero-order chi connectivity index (χ0) is 14.6. The topological polar surface area (TPSA) is 29.3 Å². The molecule has 1 aromatic carbocycles. The van der Waals surface area contributed by atoms with Crippen molar-refractivity contribution in [1.82, 2.24) is 4.90 Å². The Balaban J connectivity index is 3.12. The molecule has 0 aliphatic carbocycles. The highest BCUT2D eigenvalue weighted by Crippen LogP contribution is 2.27. The molecule has 0 radical (unpaired) electrons. The van der Waals surface area contributed by atoms with Crippen LogP contribution in [0.3, 0.4) is 0 Å². The predicted octanol–water partition coefficient (Wildman–Crippen LogP) is 3.67. The molecule has 1 atom stereocenters. The van der Waals surface area contributed by atoms with Crippen molar-refractivity contribution in [2.24, 2.45) is 11.7 Å². The van der Waals surface area contributed by atoms with Crippen LogP contribution < -0.4 is 5.73 Å². The van der Waals surface area contributed by atoms with Crippen molar-refractivity contribution < 1.29 is 0 Å². The first-order valence-corrected chi connectivity index (χ1v) is 7.40. The highest BCUT2D eigenvalue weighted by molar-refractivity contribution is 5.35. The fourth-order valence-corrected chi connectivity index (χ4v) is 2.70. The summed E-state index contributed by atoms with van der Waals surface area (Å²) < 4.78 is 0. The Bertz CT molecular complexity index is 396. The van der Waals surface area contributed by atoms with E-state index in [-0.39, 0.29) is 0 Å². The van der Waals surface area contributed by atoms with Gasteiger partial charge in [-0.25, -0.2) is 0 Å². The van der Waals surface area contributed by atoms with Gasteiger partial charge in [-0.1, -0.05) is 32.0 Å². The zero-order valence-corrected chi connectivity index (χ0v) is 13.4. The maximum Gasteiger partial charge on any atom is 0.0475 e. The smallest absolute Gasteiger partial charge is 0.0475 e. The van der Waals surface area contributed by atoms with Crippen molar-refractivity contribution in [2.45, 2.75) is 53.6 Å². The SMILES string of the molecule is Cc1cccc(C(CN)N(CC(C)C)C(C)C)c1C. The molecule has 0 aromatic heterocycles. The number of hydrogen-bond acceptors (Lipinski definition) is 2. The third-order valence-corrected chi connectivity index (χ3v) is 3.87. The van der Waals surface area contributed by atoms with Gasteiger partial charge in [0.15, 0.2) is 0 Å². The van der Waals surface area contributed by atoms with Gasteiger partial charge in [0.25, 0.3) is 0 Å². The molecule has 1 aromatic rings. The average molecular weight is 262 g/mol. The summed E-state index contributed by atoms with van der Waals surface area (Å²) in [5, 5.41) is 0. The molecule has 0 aliphatic rings. The standard InChI is InChI=1S/C17H30N2/c1-12(2)11-19(13(3)4)17(10-18)16-9-7-8-14(5)15(16)6/h7-9,12-13,17H,10-11,18H2,1-6H3. The van der Waals surface area contributed by atoms with Crippen LogP contribution in [0.1, 0.15) is 50.4 Å². The van der Waals surface area contributed by atoms with Gasteiger partial charge in [-0.05, 0) is 50.3 Å². The van der Waals surface area contributed by atoms with E-state index in [1.807, 2.05) is 0 Å². The third-order valence-electron chi connectivity index (χ3n) is 3.87. The number of hydrogen-bond donors (Lipinski definition) is 1. The maximum absolute atomic E-state index is 6.10. The molecule has 108 valence electrons. The van der Waals surface area contributed by atoms with Crippen LogP contribution in [0.25, 0.3) is 0 Å². The van der Waals surface area contributed by atoms with Crippen LogP contribution >= 0.6 is 0 Å². The zero-order valence-electron chi connectivity index (χ0n) is 13.4. The summed E-state index contributed by atoms with van der Waals surface area (Å²) in [7, 11) is 0. The van der Waals surface area contributed by atoms with Crippen molar-refractivity contribution in [3.05, 3.63) is 34.9 Å². The molecule has 0 amide bonds. The summed E-state index contributed by atoms with van der Waals surface area (Å²) in [5.74, 6) is 0.654. The molecular weight excluding hydrogens is 232 g/mol. The highest BCUT2D eigenvalue weighted by atomic mass is 15.2. The van der Waals surface area contributed by atoms with E-state index < -0.39 is 0 Å². The summed E-state index contributed by atoms with van der Waals surface area (Å²) in [5.41, 5.74) is 10.2. The Morgan fingerprint density at radius 3 is 2.21 bits per heavy atom. The molecule has 0 spiro atoms. The molecule has 0 bridgehead atoms. The monoisotopic (exact) mass is 262 g/mol. The van der Waals surface area contributed by atoms with Gasteiger partial charge in [-0.3, -0.25) is 4.90 Å². The van der Waals surface area contributed by atoms with E-state index in [0.29, 0.717) is 24.5 Å². The summed E-state index contributed by atoms with van der Waals surface area (Å²) in [6.45, 7) is 15.2. The van der Waals surface area contributed by atoms with Crippen LogP contribution in [0, 0.1) is 19.8 Å². The van der Waals surface area contributed by atoms with Crippen molar-refractivity contribution in [3.8, 4) is 0 Å². The minimum absolute atomic E-state index is 0.322. The molecule has 1 unspecified atom stereocenters. The number of benzene rings is 1. The summed E-state index contributed by atoms with van der Waals surface area (Å²) in [4.78, 5) is 2.53. The largest absolute Gasteiger partial charge is 0.329 e. The Morgan fingerprint density at radius 2 is 1.74 bits per heavy atom. The molecule has 0 saturated heterocycles. The van der Waals surface area contributed by atoms with Gasteiger partial charge in [0.2, 0.25) is 0 Å². The quantitative estimate of drug-likeness (QED) is 0.847. The average Bonchev–Trinajstić information content (AvgIpc) is 2.33. The molecule has 1 rings (SSSR count). The minimum atomic E-state index is 0.322. The lowest BCUT2D eigenvalue weighted by molar-refractivity contribution is 0.138. The Labute approximate surface area is 119 Å². The second kappa shape index (κ2) is 7.06. The van der Waals surface area contributed by atoms with Crippen LogP contribution in [-0.4, -0.2) is 24.0 Å². The third kappa shape index (κ3) is 4.05. The minimum Gasteiger partial charge on any atom is -0.329 e. The van der Waals surface area contributed by atoms with Crippen LogP contribution in [-0.2, 0) is 0 Å². The highest BCUT2D eigenvalue weighted by Gasteiger charge is 2.23. The fourth-order valence-electron chi connectivity index (χ4n) is 2.70. The molecule has 0 saturated carbocycles. The van der Waals surface area contributed by atoms with Crippen molar-refractivity contribution in [3.63, 3.8) is 0 Å². The second-order valence-corrected chi connectivity index (χ2v) is 6.23. The Hall–Kier alpha value is -0.860. The van der Waals surface area contributed by atoms with Crippen molar-refractivity contribution >= 4 is 0 Å². The van der Waals surface area contributed by atoms with Gasteiger partial charge in [0.1, 0.15) is 0 Å². The lowest BCUT2D eigenvalue weighted by Gasteiger charge is -2.36. The normalized spacial score (nSPS) is 13.6. The van der Waals surface area contributed by atoms with E-state index in [4.69, 9.17) is 5.73 Å². The van der Waals surface area contributed by atoms with Crippen LogP contribution in [0.5, 0.6) is 0 Å². The number of nitrogens with zero attached hydrogens (tertiary/aromatic N) is 1. The van der Waals surface area contributed by atoms with Gasteiger partial charge in [0, 0.05) is 25.2 Å². The number of aryl methyl sites for hydroxylation is 1. The molecule has 0 fully saturated rings. The van der Waals surface area contributed by atoms with E-state index in [2.05, 4.69) is 64.6 Å². The first kappa shape index (κ1) is 16.2. The summed E-state index contributed by atoms with van der Waals surface area (Å²) in [6, 6.07) is 7.39. The molecule has 2 heteroatoms. The Kier molecular flexibility index (Phi) is 6.02. The lowest BCUT2D eigenvalue weighted by Crippen LogP contribution is -2.41. The van der Waals surface area contributed by atoms with Crippen molar-refractivity contribution in [2.75, 3.05) is 13.1 Å². The van der Waals surface area contributed by atoms with E-state index in [1.165, 1.54) is 16.7 Å². The number of rotatable bonds is 6. The number of nitrogens with two attached hydrogens (primary N) is 1. The van der Waals surface area contributed by atoms with E-state index in [9.17, 15) is 0 Å². The maximum atomic E-state index is 6.10. The molecule has 2 N–H and O–H groups in total. The van der Waals surface area contributed by atoms with Gasteiger partial charge >= 0.3 is 0 Å². The predicted molar refractivity (Wildman–Crippen MR) is 84.4 cm³/mol. The summed E-state index contributed by atoms with van der Waals surface area (Å²) >= 11 is 0. The fraction of sp³-hybridized carbons (Fsp3) is 0.647. The first-order chi connectivity index (χ1) is 8.88. The molecule has 0 heterocycles. The second-order valence-electron chi connectivity index (χ2n) is 6.23. The van der Waals surface area contributed by atoms with E-state index in [0.717, 1.165) is 6.54 Å². The van der Waals surface area contributed by atoms with Crippen LogP contribution in [0.15, 0.2) is 18.2 Å². The molecule has 0 aliphatic heterocycles. The summed E-state index contributed by atoms with van der Waals surface area (Å²) in [6.07, 6.45) is 0. The van der Waals surface area contributed by atoms with Gasteiger partial charge in [-0.15, -0.1) is 0 Å². The van der Waals surface area contributed by atoms with Gasteiger partial charge in [0.05, 0.1) is 0 Å². The molecule has 19 heavy (non-hydrogen) atoms. The van der Waals surface area contributed by atoms with E-state index in [1.54, 1.807) is 0 Å². The van der Waals surface area contributed by atoms with Crippen molar-refractivity contribution in [1.29, 1.82) is 0 Å². The first-order valence-electron chi connectivity index (χ1n) is 7.40. The molecule has 2 nitrogen and oxygen atoms in total. The van der Waals surface area contributed by atoms with E-state index >= 15 is 0 Å². The molecular formula is C17H30N2. The van der Waals surface area contributed by atoms with Gasteiger partial charge in [-0.2, -0.15) is 0 Å². The van der Waals surface area contributed by atoms with Crippen LogP contribution in [0.4, 0.5) is 0 Å². The Morgan fingerprint density at radius 1 is 1.11 bits per heavy atom. The van der Waals surface area contributed by atoms with Crippen LogP contribution in [0.2, 0.25) is 0 Å². The van der Waals surface area contributed by atoms with Gasteiger partial charge < -0.3 is 5.73 Å².